The Morgan fingerprint density at radius 1 is 0.969 bits per heavy atom. The minimum atomic E-state index is -0.691. The largest absolute Gasteiger partial charge is 0.494 e. The van der Waals surface area contributed by atoms with Crippen molar-refractivity contribution >= 4 is 11.9 Å². The molecule has 32 heavy (non-hydrogen) atoms. The Bertz CT molecular complexity index is 1080. The first-order chi connectivity index (χ1) is 15.5. The number of carbonyl (C=O) groups excluding carboxylic acids is 2. The van der Waals surface area contributed by atoms with Crippen LogP contribution in [0.15, 0.2) is 54.6 Å². The molecule has 0 atom stereocenters. The van der Waals surface area contributed by atoms with E-state index < -0.39 is 11.9 Å². The summed E-state index contributed by atoms with van der Waals surface area (Å²) >= 11 is 0. The van der Waals surface area contributed by atoms with Gasteiger partial charge in [-0.3, -0.25) is 0 Å². The van der Waals surface area contributed by atoms with Crippen LogP contribution >= 0.6 is 0 Å². The number of carbonyl (C=O) groups is 2. The second kappa shape index (κ2) is 10.6. The molecule has 0 aliphatic heterocycles. The second-order valence-corrected chi connectivity index (χ2v) is 7.34. The van der Waals surface area contributed by atoms with Gasteiger partial charge in [0.1, 0.15) is 17.0 Å². The van der Waals surface area contributed by atoms with Crippen LogP contribution in [-0.4, -0.2) is 68.1 Å². The van der Waals surface area contributed by atoms with Gasteiger partial charge in [0.25, 0.3) is 0 Å². The van der Waals surface area contributed by atoms with E-state index in [9.17, 15) is 9.59 Å². The van der Waals surface area contributed by atoms with Crippen LogP contribution < -0.4 is 4.74 Å². The lowest BCUT2D eigenvalue weighted by molar-refractivity contribution is 0.0549. The van der Waals surface area contributed by atoms with E-state index in [1.807, 2.05) is 44.4 Å². The van der Waals surface area contributed by atoms with Crippen LogP contribution in [0.4, 0.5) is 0 Å². The van der Waals surface area contributed by atoms with Gasteiger partial charge in [0, 0.05) is 12.1 Å². The number of ether oxygens (including phenoxy) is 3. The Balaban J connectivity index is 2.08. The maximum absolute atomic E-state index is 12.7. The molecule has 2 aromatic carbocycles. The fourth-order valence-corrected chi connectivity index (χ4v) is 3.26. The molecule has 0 bridgehead atoms. The molecule has 3 rings (SSSR count). The summed E-state index contributed by atoms with van der Waals surface area (Å²) in [6.45, 7) is 1.47. The highest BCUT2D eigenvalue weighted by Crippen LogP contribution is 2.31. The Labute approximate surface area is 187 Å². The second-order valence-electron chi connectivity index (χ2n) is 7.34. The standard InChI is InChI=1S/C24H27N3O5/c1-26(2)14-9-15-32-19-13-8-10-17(16-19)21-20(23(28)30-3)22(24(29)31-4)27(25-21)18-11-6-5-7-12-18/h5-8,10-13,16H,9,14-15H2,1-4H3. The third-order valence-corrected chi connectivity index (χ3v) is 4.78. The fraction of sp³-hybridized carbons (Fsp3) is 0.292. The van der Waals surface area contributed by atoms with Gasteiger partial charge in [-0.15, -0.1) is 0 Å². The molecule has 0 spiro atoms. The zero-order chi connectivity index (χ0) is 23.1. The van der Waals surface area contributed by atoms with E-state index in [0.717, 1.165) is 13.0 Å². The average Bonchev–Trinajstić information content (AvgIpc) is 3.22. The van der Waals surface area contributed by atoms with Gasteiger partial charge in [-0.25, -0.2) is 14.3 Å². The molecule has 0 radical (unpaired) electrons. The Hall–Kier alpha value is -3.65. The molecular weight excluding hydrogens is 410 g/mol. The van der Waals surface area contributed by atoms with Gasteiger partial charge in [0.2, 0.25) is 0 Å². The summed E-state index contributed by atoms with van der Waals surface area (Å²) in [7, 11) is 6.54. The highest BCUT2D eigenvalue weighted by molar-refractivity contribution is 6.06. The lowest BCUT2D eigenvalue weighted by Gasteiger charge is -2.11. The molecule has 0 saturated carbocycles. The van der Waals surface area contributed by atoms with Crippen molar-refractivity contribution in [3.63, 3.8) is 0 Å². The van der Waals surface area contributed by atoms with Crippen molar-refractivity contribution in [2.24, 2.45) is 0 Å². The molecule has 8 nitrogen and oxygen atoms in total. The molecule has 168 valence electrons. The van der Waals surface area contributed by atoms with E-state index in [4.69, 9.17) is 14.2 Å². The molecule has 0 N–H and O–H groups in total. The number of methoxy groups -OCH3 is 2. The van der Waals surface area contributed by atoms with Crippen LogP contribution in [0.5, 0.6) is 5.75 Å². The van der Waals surface area contributed by atoms with Crippen molar-refractivity contribution in [1.82, 2.24) is 14.7 Å². The predicted octanol–water partition coefficient (Wildman–Crippen LogP) is 3.44. The third-order valence-electron chi connectivity index (χ3n) is 4.78. The van der Waals surface area contributed by atoms with E-state index >= 15 is 0 Å². The number of rotatable bonds is 9. The SMILES string of the molecule is COC(=O)c1c(-c2cccc(OCCCN(C)C)c2)nn(-c2ccccc2)c1C(=O)OC. The Morgan fingerprint density at radius 2 is 1.69 bits per heavy atom. The van der Waals surface area contributed by atoms with Gasteiger partial charge < -0.3 is 19.1 Å². The number of hydrogen-bond acceptors (Lipinski definition) is 7. The number of nitrogens with zero attached hydrogens (tertiary/aromatic N) is 3. The normalized spacial score (nSPS) is 10.8. The van der Waals surface area contributed by atoms with Crippen LogP contribution in [0.2, 0.25) is 0 Å². The summed E-state index contributed by atoms with van der Waals surface area (Å²) in [4.78, 5) is 27.5. The minimum absolute atomic E-state index is 0.00199. The number of hydrogen-bond donors (Lipinski definition) is 0. The smallest absolute Gasteiger partial charge is 0.357 e. The zero-order valence-electron chi connectivity index (χ0n) is 18.7. The van der Waals surface area contributed by atoms with Gasteiger partial charge in [0.15, 0.2) is 5.69 Å². The van der Waals surface area contributed by atoms with Crippen molar-refractivity contribution in [1.29, 1.82) is 0 Å². The molecule has 0 fully saturated rings. The summed E-state index contributed by atoms with van der Waals surface area (Å²) < 4.78 is 17.2. The summed E-state index contributed by atoms with van der Waals surface area (Å²) in [5.74, 6) is -0.727. The van der Waals surface area contributed by atoms with E-state index in [2.05, 4.69) is 10.00 Å². The first-order valence-electron chi connectivity index (χ1n) is 10.2. The number of para-hydroxylation sites is 1. The monoisotopic (exact) mass is 437 g/mol. The molecule has 1 aromatic heterocycles. The van der Waals surface area contributed by atoms with E-state index in [0.29, 0.717) is 29.3 Å². The van der Waals surface area contributed by atoms with Crippen LogP contribution in [0.3, 0.4) is 0 Å². The zero-order valence-corrected chi connectivity index (χ0v) is 18.7. The molecule has 1 heterocycles. The molecule has 0 unspecified atom stereocenters. The van der Waals surface area contributed by atoms with Crippen molar-refractivity contribution in [3.05, 3.63) is 65.9 Å². The van der Waals surface area contributed by atoms with Crippen molar-refractivity contribution in [2.45, 2.75) is 6.42 Å². The van der Waals surface area contributed by atoms with Crippen LogP contribution in [0, 0.1) is 0 Å². The van der Waals surface area contributed by atoms with Gasteiger partial charge in [0.05, 0.1) is 26.5 Å². The van der Waals surface area contributed by atoms with E-state index in [1.54, 1.807) is 24.3 Å². The van der Waals surface area contributed by atoms with Crippen molar-refractivity contribution < 1.29 is 23.8 Å². The quantitative estimate of drug-likeness (QED) is 0.375. The molecule has 3 aromatic rings. The minimum Gasteiger partial charge on any atom is -0.494 e. The molecule has 0 aliphatic carbocycles. The van der Waals surface area contributed by atoms with Crippen molar-refractivity contribution in [2.75, 3.05) is 41.5 Å². The average molecular weight is 437 g/mol. The molecule has 0 aliphatic rings. The van der Waals surface area contributed by atoms with Gasteiger partial charge in [-0.05, 0) is 44.8 Å². The van der Waals surface area contributed by atoms with Gasteiger partial charge >= 0.3 is 11.9 Å². The first-order valence-corrected chi connectivity index (χ1v) is 10.2. The van der Waals surface area contributed by atoms with Crippen LogP contribution in [0.25, 0.3) is 16.9 Å². The molecule has 0 amide bonds. The summed E-state index contributed by atoms with van der Waals surface area (Å²) in [5.41, 5.74) is 1.57. The fourth-order valence-electron chi connectivity index (χ4n) is 3.26. The summed E-state index contributed by atoms with van der Waals surface area (Å²) in [5, 5.41) is 4.60. The third kappa shape index (κ3) is 5.15. The number of esters is 2. The topological polar surface area (TPSA) is 82.9 Å². The maximum Gasteiger partial charge on any atom is 0.357 e. The van der Waals surface area contributed by atoms with E-state index in [-0.39, 0.29) is 11.3 Å². The number of benzene rings is 2. The lowest BCUT2D eigenvalue weighted by Crippen LogP contribution is -2.15. The molecule has 8 heteroatoms. The summed E-state index contributed by atoms with van der Waals surface area (Å²) in [6.07, 6.45) is 0.875. The van der Waals surface area contributed by atoms with Crippen molar-refractivity contribution in [3.8, 4) is 22.7 Å². The highest BCUT2D eigenvalue weighted by Gasteiger charge is 2.31. The Morgan fingerprint density at radius 3 is 2.34 bits per heavy atom. The van der Waals surface area contributed by atoms with Crippen LogP contribution in [0.1, 0.15) is 27.3 Å². The molecule has 0 saturated heterocycles. The highest BCUT2D eigenvalue weighted by atomic mass is 16.5. The first kappa shape index (κ1) is 23.0. The predicted molar refractivity (Wildman–Crippen MR) is 120 cm³/mol. The van der Waals surface area contributed by atoms with Gasteiger partial charge in [-0.1, -0.05) is 30.3 Å². The van der Waals surface area contributed by atoms with E-state index in [1.165, 1.54) is 18.9 Å². The van der Waals surface area contributed by atoms with Gasteiger partial charge in [-0.2, -0.15) is 5.10 Å². The van der Waals surface area contributed by atoms with Crippen LogP contribution in [-0.2, 0) is 9.47 Å². The number of aromatic nitrogens is 2. The lowest BCUT2D eigenvalue weighted by atomic mass is 10.1. The Kier molecular flexibility index (Phi) is 7.62. The molecular formula is C24H27N3O5. The summed E-state index contributed by atoms with van der Waals surface area (Å²) in [6, 6.07) is 16.3. The maximum atomic E-state index is 12.7.